The second-order valence-corrected chi connectivity index (χ2v) is 5.81. The molecule has 1 aromatic rings. The minimum absolute atomic E-state index is 0.169. The number of benzene rings is 1. The number of nitrogens with two attached hydrogens (primary N) is 1. The fraction of sp³-hybridized carbons (Fsp3) is 0.533. The molecule has 0 heterocycles. The maximum atomic E-state index is 12.2. The number of carbonyl (C=O) groups is 1. The molecule has 3 nitrogen and oxygen atoms in total. The normalized spacial score (nSPS) is 23.1. The standard InChI is InChI=1S/C15H21ClN2O/c1-18(14-8-6-13(17)7-9-14)15(19)10-11-2-4-12(16)5-3-11/h2-5,13-14H,6-10,17H2,1H3. The summed E-state index contributed by atoms with van der Waals surface area (Å²) in [4.78, 5) is 14.1. The average Bonchev–Trinajstić information content (AvgIpc) is 2.41. The van der Waals surface area contributed by atoms with Crippen LogP contribution in [0.25, 0.3) is 0 Å². The topological polar surface area (TPSA) is 46.3 Å². The summed E-state index contributed by atoms with van der Waals surface area (Å²) < 4.78 is 0. The molecule has 19 heavy (non-hydrogen) atoms. The molecule has 1 saturated carbocycles. The molecule has 2 rings (SSSR count). The van der Waals surface area contributed by atoms with Gasteiger partial charge in [-0.2, -0.15) is 0 Å². The average molecular weight is 281 g/mol. The number of carbonyl (C=O) groups excluding carboxylic acids is 1. The highest BCUT2D eigenvalue weighted by Gasteiger charge is 2.24. The van der Waals surface area contributed by atoms with Crippen molar-refractivity contribution >= 4 is 17.5 Å². The molecular weight excluding hydrogens is 260 g/mol. The number of likely N-dealkylation sites (N-methyl/N-ethyl adjacent to an activating group) is 1. The summed E-state index contributed by atoms with van der Waals surface area (Å²) in [6.45, 7) is 0. The summed E-state index contributed by atoms with van der Waals surface area (Å²) in [7, 11) is 1.90. The van der Waals surface area contributed by atoms with Gasteiger partial charge in [0.1, 0.15) is 0 Å². The van der Waals surface area contributed by atoms with Crippen molar-refractivity contribution in [2.24, 2.45) is 5.73 Å². The Hall–Kier alpha value is -1.06. The van der Waals surface area contributed by atoms with Crippen LogP contribution >= 0.6 is 11.6 Å². The van der Waals surface area contributed by atoms with E-state index in [1.165, 1.54) is 0 Å². The molecule has 0 unspecified atom stereocenters. The molecule has 4 heteroatoms. The van der Waals surface area contributed by atoms with E-state index in [2.05, 4.69) is 0 Å². The lowest BCUT2D eigenvalue weighted by atomic mass is 9.91. The van der Waals surface area contributed by atoms with Crippen LogP contribution < -0.4 is 5.73 Å². The van der Waals surface area contributed by atoms with Crippen LogP contribution in [0.3, 0.4) is 0 Å². The van der Waals surface area contributed by atoms with Crippen LogP contribution in [0.5, 0.6) is 0 Å². The van der Waals surface area contributed by atoms with E-state index in [0.717, 1.165) is 31.2 Å². The summed E-state index contributed by atoms with van der Waals surface area (Å²) >= 11 is 5.84. The Balaban J connectivity index is 1.90. The first kappa shape index (κ1) is 14.4. The molecule has 104 valence electrons. The molecule has 0 atom stereocenters. The van der Waals surface area contributed by atoms with Gasteiger partial charge in [0.05, 0.1) is 6.42 Å². The molecule has 1 aromatic carbocycles. The van der Waals surface area contributed by atoms with Crippen LogP contribution in [-0.4, -0.2) is 29.9 Å². The quantitative estimate of drug-likeness (QED) is 0.925. The van der Waals surface area contributed by atoms with Crippen LogP contribution in [-0.2, 0) is 11.2 Å². The van der Waals surface area contributed by atoms with Crippen LogP contribution in [0.1, 0.15) is 31.2 Å². The van der Waals surface area contributed by atoms with Gasteiger partial charge in [-0.1, -0.05) is 23.7 Å². The van der Waals surface area contributed by atoms with Gasteiger partial charge in [-0.25, -0.2) is 0 Å². The Bertz CT molecular complexity index is 424. The molecule has 1 amide bonds. The highest BCUT2D eigenvalue weighted by molar-refractivity contribution is 6.30. The zero-order valence-electron chi connectivity index (χ0n) is 11.3. The van der Waals surface area contributed by atoms with Crippen LogP contribution in [0, 0.1) is 0 Å². The molecule has 2 N–H and O–H groups in total. The summed E-state index contributed by atoms with van der Waals surface area (Å²) in [5.74, 6) is 0.169. The molecule has 0 radical (unpaired) electrons. The van der Waals surface area contributed by atoms with E-state index in [1.807, 2.05) is 36.2 Å². The van der Waals surface area contributed by atoms with E-state index in [4.69, 9.17) is 17.3 Å². The van der Waals surface area contributed by atoms with Crippen molar-refractivity contribution in [3.05, 3.63) is 34.9 Å². The summed E-state index contributed by atoms with van der Waals surface area (Å²) in [6, 6.07) is 8.12. The molecule has 0 bridgehead atoms. The number of amides is 1. The lowest BCUT2D eigenvalue weighted by Crippen LogP contribution is -2.42. The molecular formula is C15H21ClN2O. The smallest absolute Gasteiger partial charge is 0.226 e. The van der Waals surface area contributed by atoms with Gasteiger partial charge in [0.2, 0.25) is 5.91 Å². The van der Waals surface area contributed by atoms with Crippen molar-refractivity contribution in [1.29, 1.82) is 0 Å². The third-order valence-corrected chi connectivity index (χ3v) is 4.20. The van der Waals surface area contributed by atoms with Crippen molar-refractivity contribution in [2.45, 2.75) is 44.2 Å². The van der Waals surface area contributed by atoms with E-state index in [1.54, 1.807) is 0 Å². The minimum Gasteiger partial charge on any atom is -0.342 e. The predicted molar refractivity (Wildman–Crippen MR) is 78.2 cm³/mol. The minimum atomic E-state index is 0.169. The first-order chi connectivity index (χ1) is 9.06. The second-order valence-electron chi connectivity index (χ2n) is 5.38. The van der Waals surface area contributed by atoms with Gasteiger partial charge in [0, 0.05) is 24.2 Å². The first-order valence-corrected chi connectivity index (χ1v) is 7.19. The Morgan fingerprint density at radius 2 is 1.84 bits per heavy atom. The van der Waals surface area contributed by atoms with Gasteiger partial charge in [-0.05, 0) is 43.4 Å². The summed E-state index contributed by atoms with van der Waals surface area (Å²) in [6.07, 6.45) is 4.51. The molecule has 0 aromatic heterocycles. The second kappa shape index (κ2) is 6.40. The SMILES string of the molecule is CN(C(=O)Cc1ccc(Cl)cc1)C1CCC(N)CC1. The van der Waals surface area contributed by atoms with Gasteiger partial charge < -0.3 is 10.6 Å². The van der Waals surface area contributed by atoms with Gasteiger partial charge in [0.25, 0.3) is 0 Å². The maximum absolute atomic E-state index is 12.2. The number of hydrogen-bond donors (Lipinski definition) is 1. The Labute approximate surface area is 119 Å². The lowest BCUT2D eigenvalue weighted by molar-refractivity contribution is -0.131. The van der Waals surface area contributed by atoms with Crippen LogP contribution in [0.2, 0.25) is 5.02 Å². The molecule has 0 spiro atoms. The Kier molecular flexibility index (Phi) is 4.83. The third-order valence-electron chi connectivity index (χ3n) is 3.95. The Morgan fingerprint density at radius 1 is 1.26 bits per heavy atom. The number of nitrogens with zero attached hydrogens (tertiary/aromatic N) is 1. The summed E-state index contributed by atoms with van der Waals surface area (Å²) in [5, 5.41) is 0.700. The molecule has 0 aliphatic heterocycles. The van der Waals surface area contributed by atoms with Gasteiger partial charge in [-0.15, -0.1) is 0 Å². The zero-order chi connectivity index (χ0) is 13.8. The van der Waals surface area contributed by atoms with Gasteiger partial charge >= 0.3 is 0 Å². The predicted octanol–water partition coefficient (Wildman–Crippen LogP) is 2.61. The van der Waals surface area contributed by atoms with Crippen molar-refractivity contribution in [2.75, 3.05) is 7.05 Å². The van der Waals surface area contributed by atoms with E-state index in [-0.39, 0.29) is 5.91 Å². The fourth-order valence-corrected chi connectivity index (χ4v) is 2.72. The molecule has 1 aliphatic rings. The zero-order valence-corrected chi connectivity index (χ0v) is 12.1. The van der Waals surface area contributed by atoms with Crippen molar-refractivity contribution in [1.82, 2.24) is 4.90 Å². The number of hydrogen-bond acceptors (Lipinski definition) is 2. The number of rotatable bonds is 3. The fourth-order valence-electron chi connectivity index (χ4n) is 2.59. The van der Waals surface area contributed by atoms with Gasteiger partial charge in [-0.3, -0.25) is 4.79 Å². The van der Waals surface area contributed by atoms with Crippen molar-refractivity contribution in [3.8, 4) is 0 Å². The molecule has 0 saturated heterocycles. The maximum Gasteiger partial charge on any atom is 0.226 e. The largest absolute Gasteiger partial charge is 0.342 e. The van der Waals surface area contributed by atoms with E-state index >= 15 is 0 Å². The van der Waals surface area contributed by atoms with E-state index < -0.39 is 0 Å². The molecule has 1 fully saturated rings. The first-order valence-electron chi connectivity index (χ1n) is 6.82. The lowest BCUT2D eigenvalue weighted by Gasteiger charge is -2.33. The monoisotopic (exact) mass is 280 g/mol. The summed E-state index contributed by atoms with van der Waals surface area (Å²) in [5.41, 5.74) is 6.90. The van der Waals surface area contributed by atoms with Crippen LogP contribution in [0.4, 0.5) is 0 Å². The highest BCUT2D eigenvalue weighted by Crippen LogP contribution is 2.22. The van der Waals surface area contributed by atoms with E-state index in [0.29, 0.717) is 23.5 Å². The van der Waals surface area contributed by atoms with Crippen molar-refractivity contribution in [3.63, 3.8) is 0 Å². The van der Waals surface area contributed by atoms with Gasteiger partial charge in [0.15, 0.2) is 0 Å². The van der Waals surface area contributed by atoms with E-state index in [9.17, 15) is 4.79 Å². The Morgan fingerprint density at radius 3 is 2.42 bits per heavy atom. The van der Waals surface area contributed by atoms with Crippen molar-refractivity contribution < 1.29 is 4.79 Å². The highest BCUT2D eigenvalue weighted by atomic mass is 35.5. The molecule has 1 aliphatic carbocycles. The number of halogens is 1. The van der Waals surface area contributed by atoms with Crippen LogP contribution in [0.15, 0.2) is 24.3 Å². The third kappa shape index (κ3) is 3.95.